The minimum atomic E-state index is -0.853. The molecule has 2 aromatic carbocycles. The summed E-state index contributed by atoms with van der Waals surface area (Å²) in [4.78, 5) is 38.4. The number of aliphatic hydroxyl groups excluding tert-OH is 1. The molecule has 0 radical (unpaired) electrons. The fourth-order valence-corrected chi connectivity index (χ4v) is 3.58. The van der Waals surface area contributed by atoms with Gasteiger partial charge in [0.25, 0.3) is 11.7 Å². The molecule has 2 amide bonds. The van der Waals surface area contributed by atoms with Gasteiger partial charge in [0.2, 0.25) is 5.91 Å². The monoisotopic (exact) mass is 424 g/mol. The van der Waals surface area contributed by atoms with Crippen molar-refractivity contribution in [3.8, 4) is 11.5 Å². The molecule has 0 bridgehead atoms. The molecule has 3 rings (SSSR count). The first kappa shape index (κ1) is 21.9. The van der Waals surface area contributed by atoms with Crippen LogP contribution in [-0.4, -0.2) is 54.9 Å². The number of nitrogens with one attached hydrogen (secondary N) is 1. The molecule has 1 heterocycles. The molecule has 0 spiro atoms. The quantitative estimate of drug-likeness (QED) is 0.401. The SMILES string of the molecule is COc1ccc([C@@H]2C(=C(O)c3ccccc3)C(=O)C(=O)N2CCNC(C)=O)cc1OC. The molecule has 8 nitrogen and oxygen atoms in total. The fraction of sp³-hybridized carbons (Fsp3) is 0.261. The first-order chi connectivity index (χ1) is 14.9. The van der Waals surface area contributed by atoms with Crippen LogP contribution in [0.1, 0.15) is 24.1 Å². The Hall–Kier alpha value is -3.81. The van der Waals surface area contributed by atoms with Gasteiger partial charge in [0, 0.05) is 25.6 Å². The van der Waals surface area contributed by atoms with E-state index in [1.807, 2.05) is 0 Å². The number of rotatable bonds is 7. The van der Waals surface area contributed by atoms with E-state index < -0.39 is 17.7 Å². The van der Waals surface area contributed by atoms with Crippen LogP contribution >= 0.6 is 0 Å². The summed E-state index contributed by atoms with van der Waals surface area (Å²) >= 11 is 0. The number of likely N-dealkylation sites (tertiary alicyclic amines) is 1. The largest absolute Gasteiger partial charge is 0.507 e. The number of Topliss-reactive ketones (excluding diaryl/α,β-unsaturated/α-hetero) is 1. The summed E-state index contributed by atoms with van der Waals surface area (Å²) in [6.07, 6.45) is 0. The Morgan fingerprint density at radius 2 is 1.74 bits per heavy atom. The Morgan fingerprint density at radius 3 is 2.35 bits per heavy atom. The number of amides is 2. The number of ether oxygens (including phenoxy) is 2. The summed E-state index contributed by atoms with van der Waals surface area (Å²) in [6, 6.07) is 12.8. The number of carbonyl (C=O) groups is 3. The highest BCUT2D eigenvalue weighted by Gasteiger charge is 2.46. The molecule has 0 unspecified atom stereocenters. The van der Waals surface area contributed by atoms with E-state index in [1.54, 1.807) is 48.5 Å². The van der Waals surface area contributed by atoms with Crippen LogP contribution in [-0.2, 0) is 14.4 Å². The van der Waals surface area contributed by atoms with E-state index in [-0.39, 0.29) is 30.3 Å². The Balaban J connectivity index is 2.14. The highest BCUT2D eigenvalue weighted by molar-refractivity contribution is 6.46. The van der Waals surface area contributed by atoms with Crippen molar-refractivity contribution in [2.45, 2.75) is 13.0 Å². The first-order valence-electron chi connectivity index (χ1n) is 9.69. The minimum Gasteiger partial charge on any atom is -0.507 e. The van der Waals surface area contributed by atoms with Crippen molar-refractivity contribution < 1.29 is 29.0 Å². The van der Waals surface area contributed by atoms with Gasteiger partial charge in [0.1, 0.15) is 5.76 Å². The summed E-state index contributed by atoms with van der Waals surface area (Å²) in [5.41, 5.74) is 0.969. The fourth-order valence-electron chi connectivity index (χ4n) is 3.58. The van der Waals surface area contributed by atoms with E-state index >= 15 is 0 Å². The molecule has 1 fully saturated rings. The average Bonchev–Trinajstić information content (AvgIpc) is 3.03. The zero-order valence-corrected chi connectivity index (χ0v) is 17.5. The number of ketones is 1. The van der Waals surface area contributed by atoms with Gasteiger partial charge in [-0.1, -0.05) is 36.4 Å². The van der Waals surface area contributed by atoms with Crippen LogP contribution in [0, 0.1) is 0 Å². The molecule has 2 N–H and O–H groups in total. The second kappa shape index (κ2) is 9.34. The third-order valence-electron chi connectivity index (χ3n) is 5.04. The van der Waals surface area contributed by atoms with Crippen molar-refractivity contribution in [1.82, 2.24) is 10.2 Å². The van der Waals surface area contributed by atoms with Crippen molar-refractivity contribution in [1.29, 1.82) is 0 Å². The standard InChI is InChI=1S/C23H24N2O6/c1-14(26)24-11-12-25-20(16-9-10-17(30-2)18(13-16)31-3)19(22(28)23(25)29)21(27)15-7-5-4-6-8-15/h4-10,13,20,27H,11-12H2,1-3H3,(H,24,26)/t20-/m1/s1. The lowest BCUT2D eigenvalue weighted by atomic mass is 9.95. The second-order valence-corrected chi connectivity index (χ2v) is 6.96. The van der Waals surface area contributed by atoms with Gasteiger partial charge < -0.3 is 24.8 Å². The lowest BCUT2D eigenvalue weighted by molar-refractivity contribution is -0.140. The van der Waals surface area contributed by atoms with Gasteiger partial charge in [0.05, 0.1) is 25.8 Å². The molecule has 1 saturated heterocycles. The maximum atomic E-state index is 12.9. The van der Waals surface area contributed by atoms with Gasteiger partial charge in [0.15, 0.2) is 11.5 Å². The summed E-state index contributed by atoms with van der Waals surface area (Å²) in [5, 5.41) is 13.6. The van der Waals surface area contributed by atoms with Crippen LogP contribution in [0.25, 0.3) is 5.76 Å². The van der Waals surface area contributed by atoms with E-state index in [0.717, 1.165) is 0 Å². The van der Waals surface area contributed by atoms with Gasteiger partial charge in [-0.15, -0.1) is 0 Å². The number of aliphatic hydroxyl groups is 1. The molecule has 0 aliphatic carbocycles. The van der Waals surface area contributed by atoms with Crippen molar-refractivity contribution in [3.05, 3.63) is 65.2 Å². The van der Waals surface area contributed by atoms with E-state index in [0.29, 0.717) is 22.6 Å². The van der Waals surface area contributed by atoms with Gasteiger partial charge in [-0.25, -0.2) is 0 Å². The average molecular weight is 424 g/mol. The Kier molecular flexibility index (Phi) is 6.59. The predicted octanol–water partition coefficient (Wildman–Crippen LogP) is 2.26. The maximum Gasteiger partial charge on any atom is 0.295 e. The topological polar surface area (TPSA) is 105 Å². The smallest absolute Gasteiger partial charge is 0.295 e. The van der Waals surface area contributed by atoms with Crippen molar-refractivity contribution in [2.75, 3.05) is 27.3 Å². The van der Waals surface area contributed by atoms with Crippen LogP contribution in [0.3, 0.4) is 0 Å². The highest BCUT2D eigenvalue weighted by Crippen LogP contribution is 2.41. The number of benzene rings is 2. The summed E-state index contributed by atoms with van der Waals surface area (Å²) in [6.45, 7) is 1.63. The molecular formula is C23H24N2O6. The van der Waals surface area contributed by atoms with E-state index in [2.05, 4.69) is 5.32 Å². The number of methoxy groups -OCH3 is 2. The summed E-state index contributed by atoms with van der Waals surface area (Å²) in [5.74, 6) is -1.13. The van der Waals surface area contributed by atoms with Gasteiger partial charge >= 0.3 is 0 Å². The molecule has 8 heteroatoms. The van der Waals surface area contributed by atoms with Crippen molar-refractivity contribution >= 4 is 23.4 Å². The first-order valence-corrected chi connectivity index (χ1v) is 9.69. The Morgan fingerprint density at radius 1 is 1.06 bits per heavy atom. The molecule has 2 aromatic rings. The van der Waals surface area contributed by atoms with Gasteiger partial charge in [-0.3, -0.25) is 14.4 Å². The normalized spacial score (nSPS) is 17.5. The van der Waals surface area contributed by atoms with Crippen LogP contribution in [0.15, 0.2) is 54.1 Å². The summed E-state index contributed by atoms with van der Waals surface area (Å²) < 4.78 is 10.6. The number of carbonyl (C=O) groups excluding carboxylic acids is 3. The number of nitrogens with zero attached hydrogens (tertiary/aromatic N) is 1. The van der Waals surface area contributed by atoms with Crippen LogP contribution in [0.4, 0.5) is 0 Å². The third-order valence-corrected chi connectivity index (χ3v) is 5.04. The minimum absolute atomic E-state index is 0.0220. The molecule has 0 aromatic heterocycles. The highest BCUT2D eigenvalue weighted by atomic mass is 16.5. The molecule has 1 aliphatic heterocycles. The summed E-state index contributed by atoms with van der Waals surface area (Å²) in [7, 11) is 2.99. The Labute approximate surface area is 180 Å². The molecule has 1 aliphatic rings. The third kappa shape index (κ3) is 4.37. The molecule has 0 saturated carbocycles. The van der Waals surface area contributed by atoms with Gasteiger partial charge in [-0.2, -0.15) is 0 Å². The van der Waals surface area contributed by atoms with E-state index in [1.165, 1.54) is 26.0 Å². The number of hydrogen-bond donors (Lipinski definition) is 2. The van der Waals surface area contributed by atoms with E-state index in [9.17, 15) is 19.5 Å². The van der Waals surface area contributed by atoms with Crippen LogP contribution < -0.4 is 14.8 Å². The molecule has 1 atom stereocenters. The molecule has 31 heavy (non-hydrogen) atoms. The Bertz CT molecular complexity index is 1030. The van der Waals surface area contributed by atoms with Crippen LogP contribution in [0.2, 0.25) is 0 Å². The predicted molar refractivity (Wildman–Crippen MR) is 114 cm³/mol. The zero-order valence-electron chi connectivity index (χ0n) is 17.5. The zero-order chi connectivity index (χ0) is 22.5. The van der Waals surface area contributed by atoms with Crippen molar-refractivity contribution in [3.63, 3.8) is 0 Å². The lowest BCUT2D eigenvalue weighted by Crippen LogP contribution is -2.37. The maximum absolute atomic E-state index is 12.9. The molecular weight excluding hydrogens is 400 g/mol. The lowest BCUT2D eigenvalue weighted by Gasteiger charge is -2.26. The van der Waals surface area contributed by atoms with Crippen molar-refractivity contribution in [2.24, 2.45) is 0 Å². The van der Waals surface area contributed by atoms with E-state index in [4.69, 9.17) is 9.47 Å². The number of hydrogen-bond acceptors (Lipinski definition) is 6. The van der Waals surface area contributed by atoms with Gasteiger partial charge in [-0.05, 0) is 17.7 Å². The second-order valence-electron chi connectivity index (χ2n) is 6.96. The molecule has 162 valence electrons. The van der Waals surface area contributed by atoms with Crippen LogP contribution in [0.5, 0.6) is 11.5 Å².